The normalized spacial score (nSPS) is 12.3. The van der Waals surface area contributed by atoms with E-state index >= 15 is 0 Å². The summed E-state index contributed by atoms with van der Waals surface area (Å²) in [5, 5.41) is 9.79. The molecule has 0 bridgehead atoms. The molecule has 0 spiro atoms. The van der Waals surface area contributed by atoms with Gasteiger partial charge in [0.1, 0.15) is 6.20 Å². The maximum absolute atomic E-state index is 11.2. The minimum absolute atomic E-state index is 0. The van der Waals surface area contributed by atoms with Crippen molar-refractivity contribution in [3.8, 4) is 0 Å². The van der Waals surface area contributed by atoms with Gasteiger partial charge in [0.25, 0.3) is 0 Å². The number of hydrogen-bond donors (Lipinski definition) is 1. The summed E-state index contributed by atoms with van der Waals surface area (Å²) in [5.74, 6) is 0.739. The van der Waals surface area contributed by atoms with Crippen molar-refractivity contribution in [2.45, 2.75) is 0 Å². The Morgan fingerprint density at radius 3 is 2.94 bits per heavy atom. The molecule has 0 fully saturated rings. The topological polar surface area (TPSA) is 98.2 Å². The molecular formula is C7H9N6NaO3S. The number of anilines is 1. The molecule has 11 heteroatoms. The molecule has 1 aromatic heterocycles. The summed E-state index contributed by atoms with van der Waals surface area (Å²) < 4.78 is 2.60. The summed E-state index contributed by atoms with van der Waals surface area (Å²) >= 11 is 1.37. The van der Waals surface area contributed by atoms with Gasteiger partial charge in [-0.2, -0.15) is 0 Å². The van der Waals surface area contributed by atoms with Crippen molar-refractivity contribution in [1.29, 1.82) is 0 Å². The molecule has 1 aliphatic rings. The van der Waals surface area contributed by atoms with Crippen LogP contribution in [0.3, 0.4) is 0 Å². The number of hydrazine groups is 1. The van der Waals surface area contributed by atoms with E-state index in [1.807, 2.05) is 0 Å². The van der Waals surface area contributed by atoms with Gasteiger partial charge in [0.05, 0.1) is 16.0 Å². The van der Waals surface area contributed by atoms with E-state index in [0.29, 0.717) is 10.5 Å². The minimum atomic E-state index is -0.947. The van der Waals surface area contributed by atoms with Gasteiger partial charge in [-0.05, 0) is 11.9 Å². The average Bonchev–Trinajstić information content (AvgIpc) is 2.61. The summed E-state index contributed by atoms with van der Waals surface area (Å²) in [6, 6.07) is 0. The zero-order valence-corrected chi connectivity index (χ0v) is 9.33. The molecule has 0 saturated carbocycles. The van der Waals surface area contributed by atoms with Gasteiger partial charge < -0.3 is 10.1 Å². The Bertz CT molecular complexity index is 552. The second kappa shape index (κ2) is 6.09. The molecule has 0 amide bonds. The van der Waals surface area contributed by atoms with Crippen LogP contribution in [0.25, 0.3) is 6.20 Å². The first kappa shape index (κ1) is 14.8. The average molecular weight is 280 g/mol. The fourth-order valence-corrected chi connectivity index (χ4v) is 1.75. The van der Waals surface area contributed by atoms with Crippen molar-refractivity contribution in [3.63, 3.8) is 0 Å². The first-order chi connectivity index (χ1) is 8.13. The summed E-state index contributed by atoms with van der Waals surface area (Å²) in [4.78, 5) is 25.7. The van der Waals surface area contributed by atoms with Crippen LogP contribution in [0.4, 0.5) is 5.95 Å². The Hall–Kier alpha value is -1.23. The first-order valence-corrected chi connectivity index (χ1v) is 5.42. The molecule has 92 valence electrons. The molecule has 1 aliphatic heterocycles. The predicted molar refractivity (Wildman–Crippen MR) is 69.5 cm³/mol. The van der Waals surface area contributed by atoms with E-state index in [1.54, 1.807) is 16.7 Å². The maximum atomic E-state index is 11.2. The van der Waals surface area contributed by atoms with E-state index < -0.39 is 10.7 Å². The van der Waals surface area contributed by atoms with Crippen molar-refractivity contribution in [2.24, 2.45) is 0 Å². The Kier molecular flexibility index (Phi) is 5.02. The van der Waals surface area contributed by atoms with Crippen LogP contribution in [0, 0.1) is 10.1 Å². The van der Waals surface area contributed by atoms with Crippen molar-refractivity contribution in [2.75, 3.05) is 11.2 Å². The van der Waals surface area contributed by atoms with Crippen molar-refractivity contribution >= 4 is 53.7 Å². The third-order valence-electron chi connectivity index (χ3n) is 1.83. The van der Waals surface area contributed by atoms with E-state index in [0.717, 1.165) is 4.68 Å². The SMILES string of the molecule is C=CCSN1C=Cn2c(nc(=O)n2[N+](=O)[O-])N1.[NaH]. The third kappa shape index (κ3) is 2.77. The van der Waals surface area contributed by atoms with Crippen LogP contribution in [-0.4, -0.2) is 59.2 Å². The summed E-state index contributed by atoms with van der Waals surface area (Å²) in [5.41, 5.74) is 1.79. The molecule has 0 aromatic carbocycles. The predicted octanol–water partition coefficient (Wildman–Crippen LogP) is -0.659. The second-order valence-electron chi connectivity index (χ2n) is 2.91. The van der Waals surface area contributed by atoms with E-state index in [2.05, 4.69) is 17.0 Å². The van der Waals surface area contributed by atoms with E-state index in [1.165, 1.54) is 18.1 Å². The summed E-state index contributed by atoms with van der Waals surface area (Å²) in [6.07, 6.45) is 4.62. The Balaban J connectivity index is 0.00000162. The van der Waals surface area contributed by atoms with Crippen molar-refractivity contribution < 1.29 is 5.03 Å². The van der Waals surface area contributed by atoms with Crippen LogP contribution in [0.1, 0.15) is 0 Å². The Morgan fingerprint density at radius 2 is 2.33 bits per heavy atom. The molecule has 0 radical (unpaired) electrons. The van der Waals surface area contributed by atoms with Crippen LogP contribution in [0.5, 0.6) is 0 Å². The number of rotatable bonds is 4. The fraction of sp³-hybridized carbons (Fsp3) is 0.143. The zero-order chi connectivity index (χ0) is 12.4. The van der Waals surface area contributed by atoms with E-state index in [4.69, 9.17) is 0 Å². The number of fused-ring (bicyclic) bond motifs is 1. The van der Waals surface area contributed by atoms with Gasteiger partial charge in [0, 0.05) is 5.75 Å². The fourth-order valence-electron chi connectivity index (χ4n) is 1.19. The van der Waals surface area contributed by atoms with Crippen LogP contribution in [0.15, 0.2) is 23.6 Å². The van der Waals surface area contributed by atoms with Gasteiger partial charge in [-0.25, -0.2) is 14.6 Å². The van der Waals surface area contributed by atoms with Gasteiger partial charge in [0.15, 0.2) is 0 Å². The molecule has 2 heterocycles. The monoisotopic (exact) mass is 280 g/mol. The van der Waals surface area contributed by atoms with Crippen LogP contribution in [0.2, 0.25) is 0 Å². The molecular weight excluding hydrogens is 271 g/mol. The van der Waals surface area contributed by atoms with E-state index in [-0.39, 0.29) is 35.5 Å². The van der Waals surface area contributed by atoms with Crippen LogP contribution in [-0.2, 0) is 0 Å². The van der Waals surface area contributed by atoms with Crippen LogP contribution < -0.4 is 11.1 Å². The van der Waals surface area contributed by atoms with Gasteiger partial charge in [-0.3, -0.25) is 0 Å². The van der Waals surface area contributed by atoms with Crippen molar-refractivity contribution in [1.82, 2.24) is 18.9 Å². The third-order valence-corrected chi connectivity index (χ3v) is 2.71. The number of nitro groups is 1. The first-order valence-electron chi connectivity index (χ1n) is 4.47. The molecule has 0 atom stereocenters. The number of nitrogens with zero attached hydrogens (tertiary/aromatic N) is 5. The summed E-state index contributed by atoms with van der Waals surface area (Å²) in [6.45, 7) is 3.57. The molecule has 0 unspecified atom stereocenters. The van der Waals surface area contributed by atoms with E-state index in [9.17, 15) is 14.9 Å². The molecule has 1 aromatic rings. The van der Waals surface area contributed by atoms with Gasteiger partial charge >= 0.3 is 41.2 Å². The summed E-state index contributed by atoms with van der Waals surface area (Å²) in [7, 11) is 0. The zero-order valence-electron chi connectivity index (χ0n) is 8.52. The number of aromatic nitrogens is 3. The molecule has 0 saturated heterocycles. The molecule has 18 heavy (non-hydrogen) atoms. The number of nitrogens with one attached hydrogen (secondary N) is 1. The Morgan fingerprint density at radius 1 is 1.61 bits per heavy atom. The number of hydrogen-bond acceptors (Lipinski definition) is 7. The Labute approximate surface area is 128 Å². The standard InChI is InChI=1S/C7H8N6O3S.Na.H/c1-2-5-17-11-4-3-10-6(9-11)8-7(14)12(10)13(15)16;;/h2-4H,1,5H2,(H,8,9,14);;. The second-order valence-corrected chi connectivity index (χ2v) is 3.89. The van der Waals surface area contributed by atoms with Gasteiger partial charge in [0.2, 0.25) is 0 Å². The van der Waals surface area contributed by atoms with Gasteiger partial charge in [-0.1, -0.05) is 10.8 Å². The molecule has 9 nitrogen and oxygen atoms in total. The van der Waals surface area contributed by atoms with Crippen molar-refractivity contribution in [3.05, 3.63) is 39.5 Å². The van der Waals surface area contributed by atoms with Crippen LogP contribution >= 0.6 is 11.9 Å². The quantitative estimate of drug-likeness (QED) is 0.257. The molecule has 0 aliphatic carbocycles. The molecule has 1 N–H and O–H groups in total. The van der Waals surface area contributed by atoms with Gasteiger partial charge in [-0.15, -0.1) is 11.6 Å². The molecule has 2 rings (SSSR count).